The first-order chi connectivity index (χ1) is 16.7. The fourth-order valence-corrected chi connectivity index (χ4v) is 9.52. The summed E-state index contributed by atoms with van der Waals surface area (Å²) in [5.41, 5.74) is 1.12. The molecule has 4 bridgehead atoms. The van der Waals surface area contributed by atoms with Gasteiger partial charge in [-0.15, -0.1) is 0 Å². The van der Waals surface area contributed by atoms with Gasteiger partial charge in [-0.05, 0) is 79.5 Å². The zero-order chi connectivity index (χ0) is 24.4. The van der Waals surface area contributed by atoms with Crippen molar-refractivity contribution in [2.24, 2.45) is 24.3 Å². The Labute approximate surface area is 208 Å². The maximum Gasteiger partial charge on any atom is 0.244 e. The number of nitrogens with zero attached hydrogens (tertiary/aromatic N) is 3. The Morgan fingerprint density at radius 2 is 1.63 bits per heavy atom. The Hall–Kier alpha value is -2.32. The number of aryl methyl sites for hydroxylation is 1. The summed E-state index contributed by atoms with van der Waals surface area (Å²) in [5, 5.41) is 0. The first-order valence-electron chi connectivity index (χ1n) is 12.8. The first kappa shape index (κ1) is 23.1. The molecule has 5 aliphatic rings. The van der Waals surface area contributed by atoms with Crippen LogP contribution in [0.4, 0.5) is 0 Å². The Kier molecular flexibility index (Phi) is 5.35. The van der Waals surface area contributed by atoms with Crippen LogP contribution in [0.15, 0.2) is 47.6 Å². The monoisotopic (exact) mass is 497 g/mol. The largest absolute Gasteiger partial charge is 0.497 e. The van der Waals surface area contributed by atoms with Gasteiger partial charge < -0.3 is 14.2 Å². The molecular weight excluding hydrogens is 462 g/mol. The SMILES string of the molecule is COc1ccc(C23CC4CC(CC(C(=O)N5CCN(S(=O)(=O)c6ccn(C)c6)CC5)(C4)C2)C3)cc1. The van der Waals surface area contributed by atoms with Crippen molar-refractivity contribution in [1.82, 2.24) is 13.8 Å². The van der Waals surface area contributed by atoms with Crippen LogP contribution in [-0.2, 0) is 27.3 Å². The molecule has 8 heteroatoms. The van der Waals surface area contributed by atoms with Crippen LogP contribution in [0.25, 0.3) is 0 Å². The van der Waals surface area contributed by atoms with Crippen LogP contribution in [0.1, 0.15) is 44.1 Å². The lowest BCUT2D eigenvalue weighted by Gasteiger charge is -2.62. The van der Waals surface area contributed by atoms with Crippen molar-refractivity contribution in [2.75, 3.05) is 33.3 Å². The summed E-state index contributed by atoms with van der Waals surface area (Å²) in [5.74, 6) is 2.33. The molecule has 0 N–H and O–H groups in total. The van der Waals surface area contributed by atoms with Gasteiger partial charge in [0.25, 0.3) is 0 Å². The van der Waals surface area contributed by atoms with E-state index in [0.717, 1.165) is 25.0 Å². The standard InChI is InChI=1S/C27H35N3O4S/c1-28-8-7-24(18-28)35(32,33)30-11-9-29(10-12-30)25(31)27-16-20-13-21(17-27)15-26(14-20,19-27)22-3-5-23(34-2)6-4-22/h3-8,18,20-21H,9-17,19H2,1-2H3. The number of aromatic nitrogens is 1. The van der Waals surface area contributed by atoms with Gasteiger partial charge in [-0.2, -0.15) is 4.31 Å². The highest BCUT2D eigenvalue weighted by atomic mass is 32.2. The van der Waals surface area contributed by atoms with Crippen LogP contribution >= 0.6 is 0 Å². The third-order valence-corrected chi connectivity index (χ3v) is 11.1. The highest BCUT2D eigenvalue weighted by Gasteiger charge is 2.61. The third kappa shape index (κ3) is 3.71. The van der Waals surface area contributed by atoms with E-state index in [9.17, 15) is 13.2 Å². The molecule has 188 valence electrons. The summed E-state index contributed by atoms with van der Waals surface area (Å²) < 4.78 is 34.7. The molecule has 35 heavy (non-hydrogen) atoms. The van der Waals surface area contributed by atoms with Gasteiger partial charge in [-0.25, -0.2) is 8.42 Å². The molecular formula is C27H35N3O4S. The van der Waals surface area contributed by atoms with E-state index in [1.165, 1.54) is 29.1 Å². The number of piperazine rings is 1. The average molecular weight is 498 g/mol. The second kappa shape index (κ2) is 8.10. The molecule has 0 spiro atoms. The van der Waals surface area contributed by atoms with Crippen molar-refractivity contribution in [3.05, 3.63) is 48.3 Å². The minimum absolute atomic E-state index is 0.0739. The van der Waals surface area contributed by atoms with Crippen LogP contribution in [0.2, 0.25) is 0 Å². The number of ether oxygens (including phenoxy) is 1. The van der Waals surface area contributed by atoms with E-state index in [-0.39, 0.29) is 16.7 Å². The van der Waals surface area contributed by atoms with Crippen molar-refractivity contribution in [2.45, 2.75) is 48.8 Å². The van der Waals surface area contributed by atoms with Gasteiger partial charge in [0.2, 0.25) is 15.9 Å². The van der Waals surface area contributed by atoms with Crippen molar-refractivity contribution < 1.29 is 17.9 Å². The number of amides is 1. The number of carbonyl (C=O) groups is 1. The van der Waals surface area contributed by atoms with E-state index in [0.29, 0.717) is 42.9 Å². The minimum atomic E-state index is -3.52. The molecule has 2 aromatic rings. The number of carbonyl (C=O) groups excluding carboxylic acids is 1. The van der Waals surface area contributed by atoms with E-state index in [1.807, 2.05) is 11.9 Å². The molecule has 7 rings (SSSR count). The number of sulfonamides is 1. The predicted molar refractivity (Wildman–Crippen MR) is 133 cm³/mol. The van der Waals surface area contributed by atoms with E-state index < -0.39 is 10.0 Å². The van der Waals surface area contributed by atoms with Crippen molar-refractivity contribution in [3.63, 3.8) is 0 Å². The van der Waals surface area contributed by atoms with Gasteiger partial charge in [-0.1, -0.05) is 12.1 Å². The van der Waals surface area contributed by atoms with Crippen LogP contribution < -0.4 is 4.74 Å². The first-order valence-corrected chi connectivity index (χ1v) is 14.2. The fourth-order valence-electron chi connectivity index (χ4n) is 8.04. The number of hydrogen-bond acceptors (Lipinski definition) is 4. The van der Waals surface area contributed by atoms with Crippen LogP contribution in [0, 0.1) is 17.3 Å². The molecule has 4 saturated carbocycles. The lowest BCUT2D eigenvalue weighted by molar-refractivity contribution is -0.161. The molecule has 1 aromatic heterocycles. The van der Waals surface area contributed by atoms with Gasteiger partial charge >= 0.3 is 0 Å². The van der Waals surface area contributed by atoms with Gasteiger partial charge in [0.1, 0.15) is 5.75 Å². The summed E-state index contributed by atoms with van der Waals surface area (Å²) in [6.45, 7) is 1.65. The fraction of sp³-hybridized carbons (Fsp3) is 0.593. The van der Waals surface area contributed by atoms with Gasteiger partial charge in [0.15, 0.2) is 0 Å². The molecule has 4 aliphatic carbocycles. The number of hydrogen-bond donors (Lipinski definition) is 0. The molecule has 5 fully saturated rings. The summed E-state index contributed by atoms with van der Waals surface area (Å²) in [4.78, 5) is 16.4. The highest BCUT2D eigenvalue weighted by Crippen LogP contribution is 2.66. The molecule has 2 unspecified atom stereocenters. The molecule has 1 saturated heterocycles. The number of rotatable bonds is 5. The number of methoxy groups -OCH3 is 1. The van der Waals surface area contributed by atoms with Gasteiger partial charge in [-0.3, -0.25) is 4.79 Å². The smallest absolute Gasteiger partial charge is 0.244 e. The second-order valence-corrected chi connectivity index (χ2v) is 13.4. The topological polar surface area (TPSA) is 71.8 Å². The summed E-state index contributed by atoms with van der Waals surface area (Å²) in [6, 6.07) is 10.2. The average Bonchev–Trinajstić information content (AvgIpc) is 3.30. The van der Waals surface area contributed by atoms with Crippen LogP contribution in [0.5, 0.6) is 5.75 Å². The van der Waals surface area contributed by atoms with Gasteiger partial charge in [0, 0.05) is 45.6 Å². The van der Waals surface area contributed by atoms with Crippen molar-refractivity contribution in [1.29, 1.82) is 0 Å². The normalized spacial score (nSPS) is 32.7. The van der Waals surface area contributed by atoms with E-state index in [4.69, 9.17) is 4.74 Å². The van der Waals surface area contributed by atoms with E-state index in [1.54, 1.807) is 30.1 Å². The predicted octanol–water partition coefficient (Wildman–Crippen LogP) is 3.40. The molecule has 0 radical (unpaired) electrons. The summed E-state index contributed by atoms with van der Waals surface area (Å²) in [7, 11) is -0.0107. The minimum Gasteiger partial charge on any atom is -0.497 e. The molecule has 1 amide bonds. The molecule has 7 nitrogen and oxygen atoms in total. The Bertz CT molecular complexity index is 1210. The van der Waals surface area contributed by atoms with Crippen LogP contribution in [0.3, 0.4) is 0 Å². The number of benzene rings is 1. The Balaban J connectivity index is 1.20. The second-order valence-electron chi connectivity index (χ2n) is 11.5. The third-order valence-electron chi connectivity index (χ3n) is 9.19. The lowest BCUT2D eigenvalue weighted by Crippen LogP contribution is -2.61. The lowest BCUT2D eigenvalue weighted by atomic mass is 9.42. The van der Waals surface area contributed by atoms with E-state index >= 15 is 0 Å². The molecule has 1 aliphatic heterocycles. The highest BCUT2D eigenvalue weighted by molar-refractivity contribution is 7.89. The maximum atomic E-state index is 14.1. The molecule has 2 atom stereocenters. The summed E-state index contributed by atoms with van der Waals surface area (Å²) >= 11 is 0. The van der Waals surface area contributed by atoms with Crippen molar-refractivity contribution >= 4 is 15.9 Å². The van der Waals surface area contributed by atoms with Crippen LogP contribution in [-0.4, -0.2) is 61.4 Å². The summed E-state index contributed by atoms with van der Waals surface area (Å²) in [6.07, 6.45) is 9.88. The molecule has 2 heterocycles. The Morgan fingerprint density at radius 1 is 0.971 bits per heavy atom. The maximum absolute atomic E-state index is 14.1. The van der Waals surface area contributed by atoms with Gasteiger partial charge in [0.05, 0.1) is 17.4 Å². The molecule has 1 aromatic carbocycles. The van der Waals surface area contributed by atoms with Crippen molar-refractivity contribution in [3.8, 4) is 5.75 Å². The van der Waals surface area contributed by atoms with E-state index in [2.05, 4.69) is 24.3 Å². The zero-order valence-electron chi connectivity index (χ0n) is 20.7. The quantitative estimate of drug-likeness (QED) is 0.635. The zero-order valence-corrected chi connectivity index (χ0v) is 21.5. The Morgan fingerprint density at radius 3 is 2.20 bits per heavy atom.